The van der Waals surface area contributed by atoms with E-state index in [-0.39, 0.29) is 23.9 Å². The van der Waals surface area contributed by atoms with Crippen LogP contribution < -0.4 is 10.9 Å². The predicted molar refractivity (Wildman–Crippen MR) is 112 cm³/mol. The lowest BCUT2D eigenvalue weighted by atomic mass is 10.2. The molecule has 9 heteroatoms. The maximum atomic E-state index is 12.9. The standard InChI is InChI=1S/C20H23N5O3S/c1-4-24(5-2)15(26)11-25-12-23-19-16(20(25)28)13(3)17(29-19)18(27)22-10-14-7-6-8-21-9-14/h6-9,12H,4-5,10-11H2,1-3H3,(H,22,27). The number of likely N-dealkylation sites (N-methyl/N-ethyl adjacent to an activating group) is 1. The predicted octanol–water partition coefficient (Wildman–Crippen LogP) is 1.96. The van der Waals surface area contributed by atoms with E-state index in [2.05, 4.69) is 15.3 Å². The quantitative estimate of drug-likeness (QED) is 0.639. The van der Waals surface area contributed by atoms with Crippen molar-refractivity contribution in [1.82, 2.24) is 24.8 Å². The zero-order valence-corrected chi connectivity index (χ0v) is 17.5. The number of aryl methyl sites for hydroxylation is 1. The highest BCUT2D eigenvalue weighted by Gasteiger charge is 2.20. The Morgan fingerprint density at radius 3 is 2.69 bits per heavy atom. The van der Waals surface area contributed by atoms with E-state index in [0.717, 1.165) is 5.56 Å². The lowest BCUT2D eigenvalue weighted by molar-refractivity contribution is -0.131. The van der Waals surface area contributed by atoms with Crippen molar-refractivity contribution in [2.75, 3.05) is 13.1 Å². The second-order valence-electron chi connectivity index (χ2n) is 6.52. The van der Waals surface area contributed by atoms with Gasteiger partial charge in [0.25, 0.3) is 11.5 Å². The van der Waals surface area contributed by atoms with Crippen molar-refractivity contribution in [2.24, 2.45) is 0 Å². The van der Waals surface area contributed by atoms with Crippen molar-refractivity contribution < 1.29 is 9.59 Å². The van der Waals surface area contributed by atoms with Crippen LogP contribution in [0.3, 0.4) is 0 Å². The number of fused-ring (bicyclic) bond motifs is 1. The first kappa shape index (κ1) is 20.7. The second-order valence-corrected chi connectivity index (χ2v) is 7.52. The van der Waals surface area contributed by atoms with E-state index in [1.54, 1.807) is 30.3 Å². The number of nitrogens with zero attached hydrogens (tertiary/aromatic N) is 4. The van der Waals surface area contributed by atoms with Gasteiger partial charge in [0.1, 0.15) is 11.4 Å². The lowest BCUT2D eigenvalue weighted by Gasteiger charge is -2.18. The Hall–Kier alpha value is -3.07. The van der Waals surface area contributed by atoms with E-state index >= 15 is 0 Å². The molecule has 152 valence electrons. The first-order chi connectivity index (χ1) is 14.0. The normalized spacial score (nSPS) is 10.9. The van der Waals surface area contributed by atoms with Crippen molar-refractivity contribution in [1.29, 1.82) is 0 Å². The molecule has 0 fully saturated rings. The summed E-state index contributed by atoms with van der Waals surface area (Å²) in [6.45, 7) is 6.96. The molecule has 0 bridgehead atoms. The molecule has 0 unspecified atom stereocenters. The fourth-order valence-electron chi connectivity index (χ4n) is 3.08. The van der Waals surface area contributed by atoms with Crippen LogP contribution in [0, 0.1) is 6.92 Å². The van der Waals surface area contributed by atoms with Crippen LogP contribution in [0.1, 0.15) is 34.6 Å². The minimum Gasteiger partial charge on any atom is -0.347 e. The minimum absolute atomic E-state index is 0.0682. The Bertz CT molecular complexity index is 1090. The number of pyridine rings is 1. The third-order valence-corrected chi connectivity index (χ3v) is 5.92. The average Bonchev–Trinajstić information content (AvgIpc) is 3.07. The molecule has 0 saturated carbocycles. The van der Waals surface area contributed by atoms with E-state index in [4.69, 9.17) is 0 Å². The molecule has 0 radical (unpaired) electrons. The van der Waals surface area contributed by atoms with Crippen LogP contribution in [0.2, 0.25) is 0 Å². The molecule has 2 amide bonds. The molecule has 3 heterocycles. The summed E-state index contributed by atoms with van der Waals surface area (Å²) in [4.78, 5) is 48.8. The second kappa shape index (κ2) is 8.95. The number of thiophene rings is 1. The van der Waals surface area contributed by atoms with Crippen LogP contribution >= 0.6 is 11.3 Å². The summed E-state index contributed by atoms with van der Waals surface area (Å²) in [5.74, 6) is -0.403. The molecule has 8 nitrogen and oxygen atoms in total. The summed E-state index contributed by atoms with van der Waals surface area (Å²) in [7, 11) is 0. The van der Waals surface area contributed by atoms with Crippen LogP contribution in [0.5, 0.6) is 0 Å². The fraction of sp³-hybridized carbons (Fsp3) is 0.350. The number of hydrogen-bond donors (Lipinski definition) is 1. The van der Waals surface area contributed by atoms with Gasteiger partial charge < -0.3 is 10.2 Å². The maximum absolute atomic E-state index is 12.9. The van der Waals surface area contributed by atoms with Gasteiger partial charge in [-0.25, -0.2) is 4.98 Å². The van der Waals surface area contributed by atoms with Crippen LogP contribution in [0.15, 0.2) is 35.6 Å². The van der Waals surface area contributed by atoms with Gasteiger partial charge in [-0.2, -0.15) is 0 Å². The topological polar surface area (TPSA) is 97.2 Å². The zero-order valence-electron chi connectivity index (χ0n) is 16.6. The van der Waals surface area contributed by atoms with Crippen molar-refractivity contribution in [3.8, 4) is 0 Å². The van der Waals surface area contributed by atoms with Gasteiger partial charge in [-0.1, -0.05) is 6.07 Å². The van der Waals surface area contributed by atoms with Crippen molar-refractivity contribution in [3.05, 3.63) is 57.2 Å². The first-order valence-corrected chi connectivity index (χ1v) is 10.2. The number of hydrogen-bond acceptors (Lipinski definition) is 6. The number of carbonyl (C=O) groups excluding carboxylic acids is 2. The van der Waals surface area contributed by atoms with Crippen molar-refractivity contribution in [2.45, 2.75) is 33.9 Å². The highest BCUT2D eigenvalue weighted by Crippen LogP contribution is 2.26. The Morgan fingerprint density at radius 2 is 2.03 bits per heavy atom. The fourth-order valence-corrected chi connectivity index (χ4v) is 4.13. The number of rotatable bonds is 7. The number of aromatic nitrogens is 3. The van der Waals surface area contributed by atoms with Crippen molar-refractivity contribution >= 4 is 33.4 Å². The van der Waals surface area contributed by atoms with Gasteiger partial charge in [0.15, 0.2) is 0 Å². The Morgan fingerprint density at radius 1 is 1.28 bits per heavy atom. The molecule has 0 saturated heterocycles. The Labute approximate surface area is 172 Å². The smallest absolute Gasteiger partial charge is 0.262 e. The highest BCUT2D eigenvalue weighted by molar-refractivity contribution is 7.20. The molecule has 0 aliphatic rings. The maximum Gasteiger partial charge on any atom is 0.262 e. The van der Waals surface area contributed by atoms with E-state index in [9.17, 15) is 14.4 Å². The molecule has 3 rings (SSSR count). The van der Waals surface area contributed by atoms with Gasteiger partial charge in [-0.15, -0.1) is 11.3 Å². The molecule has 0 atom stereocenters. The molecule has 29 heavy (non-hydrogen) atoms. The lowest BCUT2D eigenvalue weighted by Crippen LogP contribution is -2.36. The SMILES string of the molecule is CCN(CC)C(=O)Cn1cnc2sc(C(=O)NCc3cccnc3)c(C)c2c1=O. The van der Waals surface area contributed by atoms with Gasteiger partial charge in [0.2, 0.25) is 5.91 Å². The molecule has 0 aromatic carbocycles. The molecular weight excluding hydrogens is 390 g/mol. The van der Waals surface area contributed by atoms with Crippen LogP contribution in [-0.2, 0) is 17.9 Å². The third kappa shape index (κ3) is 4.34. The summed E-state index contributed by atoms with van der Waals surface area (Å²) in [6.07, 6.45) is 4.73. The Kier molecular flexibility index (Phi) is 6.38. The summed E-state index contributed by atoms with van der Waals surface area (Å²) >= 11 is 1.18. The van der Waals surface area contributed by atoms with Gasteiger partial charge in [-0.3, -0.25) is 23.9 Å². The molecule has 1 N–H and O–H groups in total. The molecule has 0 spiro atoms. The summed E-state index contributed by atoms with van der Waals surface area (Å²) < 4.78 is 1.31. The molecule has 3 aromatic rings. The van der Waals surface area contributed by atoms with Gasteiger partial charge >= 0.3 is 0 Å². The molecule has 3 aromatic heterocycles. The number of amides is 2. The highest BCUT2D eigenvalue weighted by atomic mass is 32.1. The summed E-state index contributed by atoms with van der Waals surface area (Å²) in [5, 5.41) is 3.23. The zero-order chi connectivity index (χ0) is 21.0. The summed E-state index contributed by atoms with van der Waals surface area (Å²) in [6, 6.07) is 3.68. The van der Waals surface area contributed by atoms with Crippen LogP contribution in [0.4, 0.5) is 0 Å². The minimum atomic E-state index is -0.310. The molecule has 0 aliphatic carbocycles. The largest absolute Gasteiger partial charge is 0.347 e. The Balaban J connectivity index is 1.85. The van der Waals surface area contributed by atoms with Gasteiger partial charge in [0.05, 0.1) is 16.6 Å². The van der Waals surface area contributed by atoms with E-state index < -0.39 is 0 Å². The van der Waals surface area contributed by atoms with Gasteiger partial charge in [-0.05, 0) is 38.0 Å². The van der Waals surface area contributed by atoms with Gasteiger partial charge in [0, 0.05) is 32.0 Å². The van der Waals surface area contributed by atoms with Crippen LogP contribution in [-0.4, -0.2) is 44.3 Å². The van der Waals surface area contributed by atoms with E-state index in [0.29, 0.717) is 40.3 Å². The summed E-state index contributed by atoms with van der Waals surface area (Å²) in [5.41, 5.74) is 1.15. The average molecular weight is 414 g/mol. The number of carbonyl (C=O) groups is 2. The van der Waals surface area contributed by atoms with Crippen molar-refractivity contribution in [3.63, 3.8) is 0 Å². The van der Waals surface area contributed by atoms with Crippen LogP contribution in [0.25, 0.3) is 10.2 Å². The molecular formula is C20H23N5O3S. The van der Waals surface area contributed by atoms with E-state index in [1.165, 1.54) is 22.2 Å². The number of nitrogens with one attached hydrogen (secondary N) is 1. The molecule has 0 aliphatic heterocycles. The first-order valence-electron chi connectivity index (χ1n) is 9.39. The third-order valence-electron chi connectivity index (χ3n) is 4.72. The van der Waals surface area contributed by atoms with E-state index in [1.807, 2.05) is 19.9 Å². The monoisotopic (exact) mass is 413 g/mol.